The van der Waals surface area contributed by atoms with Gasteiger partial charge in [-0.1, -0.05) is 0 Å². The zero-order valence-corrected chi connectivity index (χ0v) is 13.4. The Morgan fingerprint density at radius 2 is 0.800 bits per heavy atom. The maximum absolute atomic E-state index is 2.53. The number of nitrogens with zero attached hydrogens (tertiary/aromatic N) is 2. The maximum Gasteiger partial charge on any atom is 0.0892 e. The molecule has 0 unspecified atom stereocenters. The van der Waals surface area contributed by atoms with Gasteiger partial charge in [-0.2, -0.15) is 0 Å². The SMILES string of the molecule is C[N+]1(C2CCC([N+]3(C)CCCC3)CC2)CCCC1.[OH-].[OH-]. The van der Waals surface area contributed by atoms with Crippen molar-refractivity contribution in [3.05, 3.63) is 0 Å². The van der Waals surface area contributed by atoms with Crippen LogP contribution in [0, 0.1) is 0 Å². The minimum absolute atomic E-state index is 0. The molecule has 0 aromatic heterocycles. The Bertz CT molecular complexity index is 259. The number of hydrogen-bond donors (Lipinski definition) is 0. The van der Waals surface area contributed by atoms with Crippen LogP contribution < -0.4 is 0 Å². The van der Waals surface area contributed by atoms with Gasteiger partial charge in [0, 0.05) is 51.4 Å². The first-order chi connectivity index (χ1) is 8.62. The topological polar surface area (TPSA) is 60.0 Å². The van der Waals surface area contributed by atoms with Gasteiger partial charge in [0.2, 0.25) is 0 Å². The van der Waals surface area contributed by atoms with Crippen molar-refractivity contribution in [3.63, 3.8) is 0 Å². The van der Waals surface area contributed by atoms with E-state index in [0.717, 1.165) is 12.1 Å². The van der Waals surface area contributed by atoms with Gasteiger partial charge >= 0.3 is 0 Å². The molecule has 0 amide bonds. The molecule has 3 aliphatic rings. The Morgan fingerprint density at radius 3 is 1.05 bits per heavy atom. The zero-order valence-electron chi connectivity index (χ0n) is 13.4. The van der Waals surface area contributed by atoms with Crippen molar-refractivity contribution in [3.8, 4) is 0 Å². The van der Waals surface area contributed by atoms with Gasteiger partial charge in [-0.15, -0.1) is 0 Å². The van der Waals surface area contributed by atoms with E-state index in [1.165, 1.54) is 86.5 Å². The van der Waals surface area contributed by atoms with Crippen LogP contribution in [0.3, 0.4) is 0 Å². The lowest BCUT2D eigenvalue weighted by Crippen LogP contribution is -2.56. The quantitative estimate of drug-likeness (QED) is 0.732. The van der Waals surface area contributed by atoms with Crippen molar-refractivity contribution in [2.75, 3.05) is 40.3 Å². The summed E-state index contributed by atoms with van der Waals surface area (Å²) < 4.78 is 2.83. The second-order valence-corrected chi connectivity index (χ2v) is 7.73. The summed E-state index contributed by atoms with van der Waals surface area (Å²) >= 11 is 0. The highest BCUT2D eigenvalue weighted by atomic mass is 16.0. The van der Waals surface area contributed by atoms with Crippen LogP contribution in [0.25, 0.3) is 0 Å². The Labute approximate surface area is 124 Å². The third-order valence-corrected chi connectivity index (χ3v) is 6.61. The van der Waals surface area contributed by atoms with Gasteiger partial charge in [0.25, 0.3) is 0 Å². The van der Waals surface area contributed by atoms with E-state index < -0.39 is 0 Å². The fourth-order valence-electron chi connectivity index (χ4n) is 5.15. The highest BCUT2D eigenvalue weighted by molar-refractivity contribution is 4.77. The van der Waals surface area contributed by atoms with E-state index in [1.807, 2.05) is 0 Å². The normalized spacial score (nSPS) is 35.1. The van der Waals surface area contributed by atoms with Crippen LogP contribution in [0.15, 0.2) is 0 Å². The summed E-state index contributed by atoms with van der Waals surface area (Å²) in [6, 6.07) is 2.00. The monoisotopic (exact) mass is 286 g/mol. The second kappa shape index (κ2) is 6.73. The Kier molecular flexibility index (Phi) is 6.02. The van der Waals surface area contributed by atoms with E-state index in [0.29, 0.717) is 0 Å². The molecule has 2 heterocycles. The second-order valence-electron chi connectivity index (χ2n) is 7.73. The van der Waals surface area contributed by atoms with Crippen LogP contribution in [0.2, 0.25) is 0 Å². The summed E-state index contributed by atoms with van der Waals surface area (Å²) in [5.41, 5.74) is 0. The lowest BCUT2D eigenvalue weighted by molar-refractivity contribution is -0.937. The maximum atomic E-state index is 2.53. The summed E-state index contributed by atoms with van der Waals surface area (Å²) in [6.07, 6.45) is 11.9. The molecule has 3 fully saturated rings. The first-order valence-corrected chi connectivity index (χ1v) is 8.31. The van der Waals surface area contributed by atoms with Gasteiger partial charge < -0.3 is 19.9 Å². The lowest BCUT2D eigenvalue weighted by Gasteiger charge is -2.46. The molecule has 0 spiro atoms. The van der Waals surface area contributed by atoms with E-state index >= 15 is 0 Å². The molecule has 2 aliphatic heterocycles. The first kappa shape index (κ1) is 17.9. The summed E-state index contributed by atoms with van der Waals surface area (Å²) in [4.78, 5) is 0. The van der Waals surface area contributed by atoms with Gasteiger partial charge in [0.05, 0.1) is 52.4 Å². The van der Waals surface area contributed by atoms with E-state index in [-0.39, 0.29) is 11.0 Å². The molecule has 2 saturated heterocycles. The van der Waals surface area contributed by atoms with Crippen LogP contribution in [0.5, 0.6) is 0 Å². The highest BCUT2D eigenvalue weighted by Gasteiger charge is 2.43. The van der Waals surface area contributed by atoms with E-state index in [4.69, 9.17) is 0 Å². The Hall–Kier alpha value is -0.160. The molecule has 0 radical (unpaired) electrons. The summed E-state index contributed by atoms with van der Waals surface area (Å²) in [5, 5.41) is 0. The third kappa shape index (κ3) is 3.19. The molecule has 4 heteroatoms. The van der Waals surface area contributed by atoms with Crippen molar-refractivity contribution in [1.29, 1.82) is 0 Å². The standard InChI is InChI=1S/C16H32N2.2H2O/c1-17(11-3-4-12-17)15-7-9-16(10-8-15)18(2)13-5-6-14-18;;/h15-16H,3-14H2,1-2H3;2*1H2/q+2;;/p-2. The summed E-state index contributed by atoms with van der Waals surface area (Å²) in [5.74, 6) is 0. The van der Waals surface area contributed by atoms with Crippen LogP contribution >= 0.6 is 0 Å². The molecule has 4 nitrogen and oxygen atoms in total. The number of quaternary nitrogens is 2. The molecule has 0 atom stereocenters. The molecule has 3 rings (SSSR count). The largest absolute Gasteiger partial charge is 0.870 e. The van der Waals surface area contributed by atoms with Crippen molar-refractivity contribution in [1.82, 2.24) is 0 Å². The lowest BCUT2D eigenvalue weighted by atomic mass is 9.87. The Balaban J connectivity index is 0.000001000. The van der Waals surface area contributed by atoms with Crippen molar-refractivity contribution in [2.24, 2.45) is 0 Å². The van der Waals surface area contributed by atoms with Gasteiger partial charge in [-0.05, 0) is 0 Å². The van der Waals surface area contributed by atoms with Crippen molar-refractivity contribution >= 4 is 0 Å². The van der Waals surface area contributed by atoms with Crippen LogP contribution in [-0.2, 0) is 0 Å². The minimum Gasteiger partial charge on any atom is -0.870 e. The molecule has 2 N–H and O–H groups in total. The summed E-state index contributed by atoms with van der Waals surface area (Å²) in [6.45, 7) is 5.84. The molecule has 0 aromatic rings. The summed E-state index contributed by atoms with van der Waals surface area (Å²) in [7, 11) is 5.06. The predicted octanol–water partition coefficient (Wildman–Crippen LogP) is 2.42. The van der Waals surface area contributed by atoms with Crippen LogP contribution in [0.4, 0.5) is 0 Å². The van der Waals surface area contributed by atoms with E-state index in [9.17, 15) is 0 Å². The van der Waals surface area contributed by atoms with Gasteiger partial charge in [0.15, 0.2) is 0 Å². The molecule has 20 heavy (non-hydrogen) atoms. The number of rotatable bonds is 2. The predicted molar refractivity (Wildman–Crippen MR) is 80.2 cm³/mol. The average Bonchev–Trinajstić information content (AvgIpc) is 3.01. The van der Waals surface area contributed by atoms with Gasteiger partial charge in [0.1, 0.15) is 0 Å². The number of hydrogen-bond acceptors (Lipinski definition) is 2. The van der Waals surface area contributed by atoms with Gasteiger partial charge in [-0.25, -0.2) is 0 Å². The van der Waals surface area contributed by atoms with Gasteiger partial charge in [-0.3, -0.25) is 0 Å². The molecule has 1 aliphatic carbocycles. The first-order valence-electron chi connectivity index (χ1n) is 8.31. The molecule has 0 aromatic carbocycles. The molecule has 1 saturated carbocycles. The highest BCUT2D eigenvalue weighted by Crippen LogP contribution is 2.36. The third-order valence-electron chi connectivity index (χ3n) is 6.61. The molecule has 120 valence electrons. The number of likely N-dealkylation sites (tertiary alicyclic amines) is 2. The van der Waals surface area contributed by atoms with Crippen LogP contribution in [-0.4, -0.2) is 72.3 Å². The fraction of sp³-hybridized carbons (Fsp3) is 1.00. The fourth-order valence-corrected chi connectivity index (χ4v) is 5.15. The van der Waals surface area contributed by atoms with Crippen molar-refractivity contribution < 1.29 is 19.9 Å². The average molecular weight is 286 g/mol. The van der Waals surface area contributed by atoms with Crippen LogP contribution in [0.1, 0.15) is 51.4 Å². The molecule has 0 bridgehead atoms. The van der Waals surface area contributed by atoms with E-state index in [1.54, 1.807) is 0 Å². The minimum atomic E-state index is 0. The molecular weight excluding hydrogens is 252 g/mol. The Morgan fingerprint density at radius 1 is 0.550 bits per heavy atom. The van der Waals surface area contributed by atoms with E-state index in [2.05, 4.69) is 14.1 Å². The molecular formula is C16H34N2O2. The smallest absolute Gasteiger partial charge is 0.0892 e. The zero-order chi connectivity index (χ0) is 12.6. The van der Waals surface area contributed by atoms with Crippen molar-refractivity contribution in [2.45, 2.75) is 63.5 Å².